The highest BCUT2D eigenvalue weighted by molar-refractivity contribution is 7.09. The molecular weight excluding hydrogens is 484 g/mol. The number of rotatable bonds is 8. The van der Waals surface area contributed by atoms with Crippen LogP contribution in [0.25, 0.3) is 22.4 Å². The molecule has 2 amide bonds. The van der Waals surface area contributed by atoms with E-state index < -0.39 is 6.09 Å². The fourth-order valence-electron chi connectivity index (χ4n) is 4.87. The molecule has 190 valence electrons. The predicted molar refractivity (Wildman–Crippen MR) is 145 cm³/mol. The highest BCUT2D eigenvalue weighted by Crippen LogP contribution is 2.33. The summed E-state index contributed by atoms with van der Waals surface area (Å²) in [6.07, 6.45) is 3.87. The molecule has 0 spiro atoms. The summed E-state index contributed by atoms with van der Waals surface area (Å²) in [6.45, 7) is 0.676. The fraction of sp³-hybridized carbons (Fsp3) is 0.276. The summed E-state index contributed by atoms with van der Waals surface area (Å²) in [4.78, 5) is 36.4. The van der Waals surface area contributed by atoms with Crippen molar-refractivity contribution in [1.82, 2.24) is 20.2 Å². The zero-order chi connectivity index (χ0) is 25.6. The van der Waals surface area contributed by atoms with Crippen molar-refractivity contribution in [3.8, 4) is 22.4 Å². The number of aromatic amines is 1. The Morgan fingerprint density at radius 1 is 1.08 bits per heavy atom. The lowest BCUT2D eigenvalue weighted by Gasteiger charge is -2.26. The van der Waals surface area contributed by atoms with Gasteiger partial charge in [-0.25, -0.2) is 9.78 Å². The number of methoxy groups -OCH3 is 1. The van der Waals surface area contributed by atoms with Gasteiger partial charge in [0.05, 0.1) is 25.0 Å². The number of thiophene rings is 1. The fourth-order valence-corrected chi connectivity index (χ4v) is 5.66. The number of aromatic nitrogens is 2. The molecule has 1 saturated heterocycles. The van der Waals surface area contributed by atoms with Crippen molar-refractivity contribution < 1.29 is 14.3 Å². The minimum absolute atomic E-state index is 0.00521. The molecule has 1 aliphatic rings. The number of benzene rings is 2. The minimum atomic E-state index is -0.527. The Labute approximate surface area is 220 Å². The average molecular weight is 515 g/mol. The van der Waals surface area contributed by atoms with E-state index in [0.29, 0.717) is 13.0 Å². The van der Waals surface area contributed by atoms with Crippen molar-refractivity contribution in [2.24, 2.45) is 0 Å². The molecule has 37 heavy (non-hydrogen) atoms. The number of carbonyl (C=O) groups excluding carboxylic acids is 2. The molecule has 2 N–H and O–H groups in total. The van der Waals surface area contributed by atoms with E-state index in [1.165, 1.54) is 12.7 Å². The first-order valence-corrected chi connectivity index (χ1v) is 13.4. The molecule has 2 aromatic carbocycles. The smallest absolute Gasteiger partial charge is 0.407 e. The maximum absolute atomic E-state index is 13.4. The number of alkyl carbamates (subject to hydrolysis) is 1. The van der Waals surface area contributed by atoms with Crippen LogP contribution in [0.5, 0.6) is 0 Å². The van der Waals surface area contributed by atoms with Crippen LogP contribution in [-0.4, -0.2) is 46.6 Å². The van der Waals surface area contributed by atoms with E-state index in [0.717, 1.165) is 40.4 Å². The van der Waals surface area contributed by atoms with Gasteiger partial charge in [0.1, 0.15) is 5.82 Å². The molecule has 4 aromatic rings. The van der Waals surface area contributed by atoms with Gasteiger partial charge in [-0.1, -0.05) is 60.7 Å². The molecule has 2 atom stereocenters. The molecule has 7 nitrogen and oxygen atoms in total. The largest absolute Gasteiger partial charge is 0.453 e. The zero-order valence-corrected chi connectivity index (χ0v) is 21.5. The van der Waals surface area contributed by atoms with Gasteiger partial charge in [0.15, 0.2) is 0 Å². The van der Waals surface area contributed by atoms with Crippen LogP contribution in [0.15, 0.2) is 78.3 Å². The van der Waals surface area contributed by atoms with E-state index in [2.05, 4.69) is 51.7 Å². The quantitative estimate of drug-likeness (QED) is 0.310. The van der Waals surface area contributed by atoms with Gasteiger partial charge in [-0.15, -0.1) is 11.3 Å². The Kier molecular flexibility index (Phi) is 7.65. The SMILES string of the molecule is COC(=O)N[C@H](CC(=O)N1CCC[C@H]1c1ncc(-c2ccc(-c3ccccc3)cc2)[nH]1)Cc1cccs1. The van der Waals surface area contributed by atoms with Crippen molar-refractivity contribution in [2.75, 3.05) is 13.7 Å². The van der Waals surface area contributed by atoms with E-state index in [4.69, 9.17) is 4.74 Å². The summed E-state index contributed by atoms with van der Waals surface area (Å²) < 4.78 is 4.79. The lowest BCUT2D eigenvalue weighted by atomic mass is 10.0. The number of ether oxygens (including phenoxy) is 1. The molecule has 0 saturated carbocycles. The predicted octanol–water partition coefficient (Wildman–Crippen LogP) is 5.83. The molecule has 5 rings (SSSR count). The Bertz CT molecular complexity index is 1320. The third-order valence-electron chi connectivity index (χ3n) is 6.74. The second kappa shape index (κ2) is 11.4. The molecule has 0 unspecified atom stereocenters. The molecule has 3 heterocycles. The first-order valence-electron chi connectivity index (χ1n) is 12.5. The zero-order valence-electron chi connectivity index (χ0n) is 20.7. The van der Waals surface area contributed by atoms with Crippen LogP contribution in [0.1, 0.15) is 36.0 Å². The van der Waals surface area contributed by atoms with Gasteiger partial charge >= 0.3 is 6.09 Å². The van der Waals surface area contributed by atoms with Gasteiger partial charge in [-0.05, 0) is 41.0 Å². The van der Waals surface area contributed by atoms with Crippen LogP contribution in [0.3, 0.4) is 0 Å². The molecule has 0 radical (unpaired) electrons. The molecule has 1 fully saturated rings. The van der Waals surface area contributed by atoms with Crippen molar-refractivity contribution in [3.05, 3.63) is 89.0 Å². The van der Waals surface area contributed by atoms with Crippen LogP contribution in [0.4, 0.5) is 4.79 Å². The molecule has 0 bridgehead atoms. The average Bonchev–Trinajstić information content (AvgIpc) is 3.71. The van der Waals surface area contributed by atoms with Gasteiger partial charge < -0.3 is 19.9 Å². The molecule has 1 aliphatic heterocycles. The van der Waals surface area contributed by atoms with Gasteiger partial charge in [0.2, 0.25) is 5.91 Å². The second-order valence-electron chi connectivity index (χ2n) is 9.19. The van der Waals surface area contributed by atoms with Gasteiger partial charge in [-0.3, -0.25) is 4.79 Å². The number of amides is 2. The Morgan fingerprint density at radius 2 is 1.84 bits per heavy atom. The standard InChI is InChI=1S/C29H30N4O3S/c1-36-29(35)31-23(17-24-9-6-16-37-24)18-27(34)33-15-5-10-26(33)28-30-19-25(32-28)22-13-11-21(12-14-22)20-7-3-2-4-8-20/h2-4,6-9,11-14,16,19,23,26H,5,10,15,17-18H2,1H3,(H,30,32)(H,31,35)/t23-,26-/m0/s1. The van der Waals surface area contributed by atoms with E-state index in [9.17, 15) is 9.59 Å². The molecule has 2 aromatic heterocycles. The van der Waals surface area contributed by atoms with Crippen molar-refractivity contribution in [2.45, 2.75) is 37.8 Å². The number of imidazole rings is 1. The summed E-state index contributed by atoms with van der Waals surface area (Å²) in [5.41, 5.74) is 4.32. The summed E-state index contributed by atoms with van der Waals surface area (Å²) in [5, 5.41) is 4.82. The highest BCUT2D eigenvalue weighted by atomic mass is 32.1. The lowest BCUT2D eigenvalue weighted by Crippen LogP contribution is -2.41. The van der Waals surface area contributed by atoms with E-state index >= 15 is 0 Å². The van der Waals surface area contributed by atoms with Crippen molar-refractivity contribution in [3.63, 3.8) is 0 Å². The number of H-pyrrole nitrogens is 1. The first kappa shape index (κ1) is 24.8. The van der Waals surface area contributed by atoms with Crippen LogP contribution < -0.4 is 5.32 Å². The third-order valence-corrected chi connectivity index (χ3v) is 7.64. The normalized spacial score (nSPS) is 15.9. The second-order valence-corrected chi connectivity index (χ2v) is 10.2. The van der Waals surface area contributed by atoms with E-state index in [1.807, 2.05) is 46.8 Å². The van der Waals surface area contributed by atoms with Crippen molar-refractivity contribution in [1.29, 1.82) is 0 Å². The maximum Gasteiger partial charge on any atom is 0.407 e. The summed E-state index contributed by atoms with van der Waals surface area (Å²) in [5.74, 6) is 0.800. The van der Waals surface area contributed by atoms with Crippen molar-refractivity contribution >= 4 is 23.3 Å². The summed E-state index contributed by atoms with van der Waals surface area (Å²) in [7, 11) is 1.33. The Morgan fingerprint density at radius 3 is 2.57 bits per heavy atom. The van der Waals surface area contributed by atoms with Crippen LogP contribution in [0.2, 0.25) is 0 Å². The Hall–Kier alpha value is -3.91. The first-order chi connectivity index (χ1) is 18.1. The lowest BCUT2D eigenvalue weighted by molar-refractivity contribution is -0.132. The van der Waals surface area contributed by atoms with Crippen LogP contribution >= 0.6 is 11.3 Å². The molecule has 8 heteroatoms. The third kappa shape index (κ3) is 5.91. The number of hydrogen-bond donors (Lipinski definition) is 2. The number of likely N-dealkylation sites (tertiary alicyclic amines) is 1. The van der Waals surface area contributed by atoms with Gasteiger partial charge in [-0.2, -0.15) is 0 Å². The summed E-state index contributed by atoms with van der Waals surface area (Å²) >= 11 is 1.61. The van der Waals surface area contributed by atoms with E-state index in [1.54, 1.807) is 11.3 Å². The number of hydrogen-bond acceptors (Lipinski definition) is 5. The topological polar surface area (TPSA) is 87.3 Å². The van der Waals surface area contributed by atoms with E-state index in [-0.39, 0.29) is 24.4 Å². The number of nitrogens with one attached hydrogen (secondary N) is 2. The van der Waals surface area contributed by atoms with Gasteiger partial charge in [0, 0.05) is 30.3 Å². The number of carbonyl (C=O) groups is 2. The van der Waals surface area contributed by atoms with Gasteiger partial charge in [0.25, 0.3) is 0 Å². The number of nitrogens with zero attached hydrogens (tertiary/aromatic N) is 2. The minimum Gasteiger partial charge on any atom is -0.453 e. The highest BCUT2D eigenvalue weighted by Gasteiger charge is 2.33. The maximum atomic E-state index is 13.4. The Balaban J connectivity index is 1.27. The monoisotopic (exact) mass is 514 g/mol. The molecule has 0 aliphatic carbocycles. The van der Waals surface area contributed by atoms with Crippen LogP contribution in [-0.2, 0) is 16.0 Å². The van der Waals surface area contributed by atoms with Crippen LogP contribution in [0, 0.1) is 0 Å². The summed E-state index contributed by atoms with van der Waals surface area (Å²) in [6, 6.07) is 22.2. The molecular formula is C29H30N4O3S.